The lowest BCUT2D eigenvalue weighted by Gasteiger charge is -2.13. The first-order chi connectivity index (χ1) is 15.0. The van der Waals surface area contributed by atoms with E-state index in [1.807, 2.05) is 72.8 Å². The largest absolute Gasteiger partial charge is 0.491 e. The summed E-state index contributed by atoms with van der Waals surface area (Å²) in [4.78, 5) is 18.2. The van der Waals surface area contributed by atoms with E-state index in [2.05, 4.69) is 17.4 Å². The van der Waals surface area contributed by atoms with Crippen molar-refractivity contribution in [1.29, 1.82) is 0 Å². The van der Waals surface area contributed by atoms with Crippen LogP contribution in [0.1, 0.15) is 22.8 Å². The lowest BCUT2D eigenvalue weighted by Crippen LogP contribution is -2.12. The molecule has 1 unspecified atom stereocenters. The van der Waals surface area contributed by atoms with Gasteiger partial charge in [0, 0.05) is 13.1 Å². The number of aliphatic carboxylic acids is 2. The molecule has 7 nitrogen and oxygen atoms in total. The minimum absolute atomic E-state index is 0.246. The lowest BCUT2D eigenvalue weighted by atomic mass is 10.1. The van der Waals surface area contributed by atoms with E-state index in [9.17, 15) is 5.11 Å². The van der Waals surface area contributed by atoms with E-state index >= 15 is 0 Å². The standard InChI is InChI=1S/C22H23NO2.C2H2O4/c24-22(20-9-5-2-6-10-20)17-25-21-13-11-19(12-14-21)16-23-15-18-7-3-1-4-8-18;3-1(4)2(5)6/h1-14,22-24H,15-17H2;(H,3,4)(H,5,6). The second kappa shape index (κ2) is 12.8. The fraction of sp³-hybridized carbons (Fsp3) is 0.167. The molecule has 0 spiro atoms. The van der Waals surface area contributed by atoms with Crippen LogP contribution in [0.25, 0.3) is 0 Å². The third-order valence-electron chi connectivity index (χ3n) is 4.20. The highest BCUT2D eigenvalue weighted by atomic mass is 16.5. The predicted octanol–water partition coefficient (Wildman–Crippen LogP) is 3.24. The number of hydrogen-bond donors (Lipinski definition) is 4. The number of carboxylic acids is 2. The maximum Gasteiger partial charge on any atom is 0.414 e. The Morgan fingerprint density at radius 2 is 1.23 bits per heavy atom. The highest BCUT2D eigenvalue weighted by molar-refractivity contribution is 6.27. The molecule has 0 aliphatic heterocycles. The molecule has 3 aromatic rings. The quantitative estimate of drug-likeness (QED) is 0.411. The number of hydrogen-bond acceptors (Lipinski definition) is 5. The Labute approximate surface area is 180 Å². The molecule has 0 fully saturated rings. The smallest absolute Gasteiger partial charge is 0.414 e. The molecule has 0 saturated carbocycles. The number of ether oxygens (including phenoxy) is 1. The van der Waals surface area contributed by atoms with Crippen LogP contribution in [0.15, 0.2) is 84.9 Å². The summed E-state index contributed by atoms with van der Waals surface area (Å²) in [5.41, 5.74) is 3.34. The summed E-state index contributed by atoms with van der Waals surface area (Å²) in [6.07, 6.45) is -0.617. The SMILES string of the molecule is O=C(O)C(=O)O.OC(COc1ccc(CNCc2ccccc2)cc1)c1ccccc1. The predicted molar refractivity (Wildman–Crippen MR) is 116 cm³/mol. The first-order valence-electron chi connectivity index (χ1n) is 9.61. The van der Waals surface area contributed by atoms with Crippen molar-refractivity contribution in [2.45, 2.75) is 19.2 Å². The van der Waals surface area contributed by atoms with E-state index in [4.69, 9.17) is 24.5 Å². The first kappa shape index (κ1) is 23.6. The number of carboxylic acid groups (broad SMARTS) is 2. The molecule has 3 rings (SSSR count). The second-order valence-corrected chi connectivity index (χ2v) is 6.58. The normalized spacial score (nSPS) is 11.0. The van der Waals surface area contributed by atoms with Crippen LogP contribution in [0.3, 0.4) is 0 Å². The number of rotatable bonds is 8. The van der Waals surface area contributed by atoms with Gasteiger partial charge in [0.1, 0.15) is 18.5 Å². The van der Waals surface area contributed by atoms with E-state index in [1.54, 1.807) is 0 Å². The Balaban J connectivity index is 0.000000501. The summed E-state index contributed by atoms with van der Waals surface area (Å²) in [7, 11) is 0. The Kier molecular flexibility index (Phi) is 9.74. The molecule has 162 valence electrons. The van der Waals surface area contributed by atoms with Crippen LogP contribution in [0, 0.1) is 0 Å². The molecule has 0 heterocycles. The molecular formula is C24H25NO6. The molecule has 0 saturated heterocycles. The minimum atomic E-state index is -1.82. The molecule has 3 aromatic carbocycles. The van der Waals surface area contributed by atoms with E-state index in [0.29, 0.717) is 0 Å². The third kappa shape index (κ3) is 9.12. The highest BCUT2D eigenvalue weighted by Gasteiger charge is 2.07. The van der Waals surface area contributed by atoms with Crippen LogP contribution < -0.4 is 10.1 Å². The number of aliphatic hydroxyl groups is 1. The van der Waals surface area contributed by atoms with Gasteiger partial charge in [-0.15, -0.1) is 0 Å². The lowest BCUT2D eigenvalue weighted by molar-refractivity contribution is -0.159. The summed E-state index contributed by atoms with van der Waals surface area (Å²) in [6, 6.07) is 27.9. The minimum Gasteiger partial charge on any atom is -0.491 e. The van der Waals surface area contributed by atoms with E-state index in [1.165, 1.54) is 11.1 Å². The van der Waals surface area contributed by atoms with Crippen molar-refractivity contribution in [2.75, 3.05) is 6.61 Å². The Hall–Kier alpha value is -3.68. The van der Waals surface area contributed by atoms with E-state index < -0.39 is 18.0 Å². The fourth-order valence-electron chi connectivity index (χ4n) is 2.60. The molecule has 7 heteroatoms. The number of nitrogens with one attached hydrogen (secondary N) is 1. The van der Waals surface area contributed by atoms with E-state index in [-0.39, 0.29) is 6.61 Å². The fourth-order valence-corrected chi connectivity index (χ4v) is 2.60. The Morgan fingerprint density at radius 1 is 0.742 bits per heavy atom. The molecule has 31 heavy (non-hydrogen) atoms. The molecule has 0 aliphatic carbocycles. The summed E-state index contributed by atoms with van der Waals surface area (Å²) < 4.78 is 5.68. The molecule has 0 amide bonds. The van der Waals surface area contributed by atoms with Crippen molar-refractivity contribution in [1.82, 2.24) is 5.32 Å². The molecule has 0 radical (unpaired) electrons. The van der Waals surface area contributed by atoms with Crippen molar-refractivity contribution in [3.8, 4) is 5.75 Å². The zero-order chi connectivity index (χ0) is 22.5. The average Bonchev–Trinajstić information content (AvgIpc) is 2.80. The summed E-state index contributed by atoms with van der Waals surface area (Å²) in [5.74, 6) is -2.88. The van der Waals surface area contributed by atoms with Gasteiger partial charge in [0.15, 0.2) is 0 Å². The van der Waals surface area contributed by atoms with Gasteiger partial charge in [-0.2, -0.15) is 0 Å². The van der Waals surface area contributed by atoms with Gasteiger partial charge in [0.25, 0.3) is 0 Å². The van der Waals surface area contributed by atoms with Gasteiger partial charge in [-0.25, -0.2) is 9.59 Å². The van der Waals surface area contributed by atoms with Crippen molar-refractivity contribution < 1.29 is 29.6 Å². The van der Waals surface area contributed by atoms with Crippen LogP contribution in [-0.2, 0) is 22.7 Å². The molecule has 0 bridgehead atoms. The van der Waals surface area contributed by atoms with Crippen molar-refractivity contribution in [3.63, 3.8) is 0 Å². The first-order valence-corrected chi connectivity index (χ1v) is 9.61. The number of benzene rings is 3. The van der Waals surface area contributed by atoms with Gasteiger partial charge in [0.2, 0.25) is 0 Å². The highest BCUT2D eigenvalue weighted by Crippen LogP contribution is 2.17. The molecule has 0 aliphatic rings. The number of aliphatic hydroxyl groups excluding tert-OH is 1. The monoisotopic (exact) mass is 423 g/mol. The zero-order valence-electron chi connectivity index (χ0n) is 16.8. The molecule has 1 atom stereocenters. The van der Waals surface area contributed by atoms with Crippen LogP contribution in [0.5, 0.6) is 5.75 Å². The van der Waals surface area contributed by atoms with Crippen LogP contribution in [0.4, 0.5) is 0 Å². The Morgan fingerprint density at radius 3 is 1.74 bits per heavy atom. The summed E-state index contributed by atoms with van der Waals surface area (Å²) in [6.45, 7) is 1.90. The van der Waals surface area contributed by atoms with Crippen molar-refractivity contribution >= 4 is 11.9 Å². The van der Waals surface area contributed by atoms with Crippen LogP contribution >= 0.6 is 0 Å². The Bertz CT molecular complexity index is 917. The van der Waals surface area contributed by atoms with Gasteiger partial charge in [0.05, 0.1) is 0 Å². The molecule has 4 N–H and O–H groups in total. The maximum absolute atomic E-state index is 10.1. The van der Waals surface area contributed by atoms with Gasteiger partial charge >= 0.3 is 11.9 Å². The van der Waals surface area contributed by atoms with Gasteiger partial charge in [-0.1, -0.05) is 72.8 Å². The number of carbonyl (C=O) groups is 2. The second-order valence-electron chi connectivity index (χ2n) is 6.58. The van der Waals surface area contributed by atoms with Crippen LogP contribution in [0.2, 0.25) is 0 Å². The maximum atomic E-state index is 10.1. The van der Waals surface area contributed by atoms with E-state index in [0.717, 1.165) is 24.4 Å². The van der Waals surface area contributed by atoms with Crippen molar-refractivity contribution in [2.24, 2.45) is 0 Å². The van der Waals surface area contributed by atoms with Crippen LogP contribution in [-0.4, -0.2) is 33.9 Å². The average molecular weight is 423 g/mol. The topological polar surface area (TPSA) is 116 Å². The molecule has 0 aromatic heterocycles. The summed E-state index contributed by atoms with van der Waals surface area (Å²) in [5, 5.41) is 28.3. The van der Waals surface area contributed by atoms with Crippen molar-refractivity contribution in [3.05, 3.63) is 102 Å². The third-order valence-corrected chi connectivity index (χ3v) is 4.20. The van der Waals surface area contributed by atoms with Gasteiger partial charge < -0.3 is 25.4 Å². The summed E-state index contributed by atoms with van der Waals surface area (Å²) >= 11 is 0. The zero-order valence-corrected chi connectivity index (χ0v) is 16.8. The van der Waals surface area contributed by atoms with Gasteiger partial charge in [-0.3, -0.25) is 0 Å². The molecular weight excluding hydrogens is 398 g/mol. The van der Waals surface area contributed by atoms with Gasteiger partial charge in [-0.05, 0) is 28.8 Å².